The van der Waals surface area contributed by atoms with Crippen molar-refractivity contribution >= 4 is 22.6 Å². The number of para-hydroxylation sites is 1. The van der Waals surface area contributed by atoms with Gasteiger partial charge < -0.3 is 9.88 Å². The van der Waals surface area contributed by atoms with Gasteiger partial charge >= 0.3 is 0 Å². The van der Waals surface area contributed by atoms with E-state index in [1.807, 2.05) is 12.1 Å². The number of fused-ring (bicyclic) bond motifs is 1. The van der Waals surface area contributed by atoms with Crippen molar-refractivity contribution in [2.45, 2.75) is 51.6 Å². The van der Waals surface area contributed by atoms with Crippen LogP contribution in [0.3, 0.4) is 0 Å². The minimum Gasteiger partial charge on any atom is -0.325 e. The minimum atomic E-state index is 0.0253. The molecule has 1 N–H and O–H groups in total. The molecular formula is C16H22ClN3. The Morgan fingerprint density at radius 2 is 2.25 bits per heavy atom. The second-order valence-electron chi connectivity index (χ2n) is 5.66. The van der Waals surface area contributed by atoms with Crippen LogP contribution in [0.15, 0.2) is 18.2 Å². The molecule has 4 heteroatoms. The van der Waals surface area contributed by atoms with Gasteiger partial charge in [0.2, 0.25) is 0 Å². The predicted octanol–water partition coefficient (Wildman–Crippen LogP) is 4.09. The lowest BCUT2D eigenvalue weighted by atomic mass is 9.93. The molecule has 108 valence electrons. The summed E-state index contributed by atoms with van der Waals surface area (Å²) in [6.45, 7) is 6.50. The molecule has 0 spiro atoms. The van der Waals surface area contributed by atoms with Crippen LogP contribution in [0.4, 0.5) is 0 Å². The third kappa shape index (κ3) is 2.04. The maximum atomic E-state index is 6.43. The lowest BCUT2D eigenvalue weighted by molar-refractivity contribution is 0.338. The average Bonchev–Trinajstić information content (AvgIpc) is 3.05. The maximum Gasteiger partial charge on any atom is 0.130 e. The van der Waals surface area contributed by atoms with E-state index in [2.05, 4.69) is 29.8 Å². The summed E-state index contributed by atoms with van der Waals surface area (Å²) in [7, 11) is 0. The van der Waals surface area contributed by atoms with Crippen LogP contribution in [0.1, 0.15) is 45.4 Å². The summed E-state index contributed by atoms with van der Waals surface area (Å²) in [5, 5.41) is 4.49. The van der Waals surface area contributed by atoms with E-state index >= 15 is 0 Å². The number of aryl methyl sites for hydroxylation is 1. The summed E-state index contributed by atoms with van der Waals surface area (Å²) >= 11 is 6.43. The van der Waals surface area contributed by atoms with Crippen molar-refractivity contribution in [1.82, 2.24) is 14.9 Å². The Balaban J connectivity index is 2.24. The van der Waals surface area contributed by atoms with Crippen molar-refractivity contribution in [3.05, 3.63) is 29.0 Å². The molecule has 0 bridgehead atoms. The van der Waals surface area contributed by atoms with Gasteiger partial charge in [0.15, 0.2) is 0 Å². The van der Waals surface area contributed by atoms with Gasteiger partial charge in [-0.25, -0.2) is 4.98 Å². The zero-order valence-corrected chi connectivity index (χ0v) is 13.0. The molecule has 3 rings (SSSR count). The Kier molecular flexibility index (Phi) is 3.74. The molecule has 0 aliphatic carbocycles. The molecule has 1 saturated heterocycles. The van der Waals surface area contributed by atoms with Gasteiger partial charge in [-0.05, 0) is 44.4 Å². The van der Waals surface area contributed by atoms with Crippen LogP contribution < -0.4 is 5.32 Å². The summed E-state index contributed by atoms with van der Waals surface area (Å²) < 4.78 is 2.33. The summed E-state index contributed by atoms with van der Waals surface area (Å²) in [6, 6.07) is 6.01. The number of hydrogen-bond donors (Lipinski definition) is 1. The second-order valence-corrected chi connectivity index (χ2v) is 6.07. The molecule has 1 aromatic heterocycles. The molecule has 1 aliphatic heterocycles. The van der Waals surface area contributed by atoms with E-state index in [4.69, 9.17) is 16.6 Å². The molecule has 1 fully saturated rings. The van der Waals surface area contributed by atoms with Crippen molar-refractivity contribution in [3.8, 4) is 0 Å². The lowest BCUT2D eigenvalue weighted by Gasteiger charge is -2.28. The van der Waals surface area contributed by atoms with Gasteiger partial charge in [0.05, 0.1) is 21.6 Å². The first-order valence-corrected chi connectivity index (χ1v) is 8.00. The van der Waals surface area contributed by atoms with Gasteiger partial charge in [-0.3, -0.25) is 0 Å². The van der Waals surface area contributed by atoms with Gasteiger partial charge in [-0.1, -0.05) is 31.5 Å². The van der Waals surface area contributed by atoms with E-state index < -0.39 is 0 Å². The fraction of sp³-hybridized carbons (Fsp3) is 0.562. The zero-order valence-electron chi connectivity index (χ0n) is 12.2. The van der Waals surface area contributed by atoms with Gasteiger partial charge in [0, 0.05) is 6.54 Å². The molecule has 2 aromatic rings. The third-order valence-corrected chi connectivity index (χ3v) is 4.74. The summed E-state index contributed by atoms with van der Waals surface area (Å²) in [4.78, 5) is 4.93. The van der Waals surface area contributed by atoms with E-state index in [-0.39, 0.29) is 5.54 Å². The van der Waals surface area contributed by atoms with Gasteiger partial charge in [-0.2, -0.15) is 0 Å². The van der Waals surface area contributed by atoms with Crippen molar-refractivity contribution in [1.29, 1.82) is 0 Å². The minimum absolute atomic E-state index is 0.0253. The number of rotatable bonds is 4. The third-order valence-electron chi connectivity index (χ3n) is 4.44. The molecule has 0 amide bonds. The largest absolute Gasteiger partial charge is 0.325 e. The molecule has 1 aliphatic rings. The number of aromatic nitrogens is 2. The van der Waals surface area contributed by atoms with Gasteiger partial charge in [0.25, 0.3) is 0 Å². The fourth-order valence-electron chi connectivity index (χ4n) is 3.41. The number of benzene rings is 1. The molecule has 2 heterocycles. The highest BCUT2D eigenvalue weighted by atomic mass is 35.5. The Labute approximate surface area is 125 Å². The summed E-state index contributed by atoms with van der Waals surface area (Å²) in [5.74, 6) is 1.17. The van der Waals surface area contributed by atoms with Crippen molar-refractivity contribution in [2.24, 2.45) is 0 Å². The van der Waals surface area contributed by atoms with E-state index in [1.165, 1.54) is 12.2 Å². The topological polar surface area (TPSA) is 29.9 Å². The van der Waals surface area contributed by atoms with Crippen LogP contribution in [-0.2, 0) is 12.1 Å². The average molecular weight is 292 g/mol. The number of nitrogens with one attached hydrogen (secondary N) is 1. The van der Waals surface area contributed by atoms with Gasteiger partial charge in [0.1, 0.15) is 5.82 Å². The molecular weight excluding hydrogens is 270 g/mol. The van der Waals surface area contributed by atoms with Crippen LogP contribution in [0.25, 0.3) is 11.0 Å². The molecule has 1 atom stereocenters. The van der Waals surface area contributed by atoms with Crippen molar-refractivity contribution < 1.29 is 0 Å². The number of halogens is 1. The Hall–Kier alpha value is -1.06. The fourth-order valence-corrected chi connectivity index (χ4v) is 3.68. The van der Waals surface area contributed by atoms with Crippen LogP contribution in [0, 0.1) is 0 Å². The van der Waals surface area contributed by atoms with Crippen molar-refractivity contribution in [3.63, 3.8) is 0 Å². The smallest absolute Gasteiger partial charge is 0.130 e. The standard InChI is InChI=1S/C16H22ClN3/c1-3-11-20-14-12(17)7-5-8-13(14)19-15(20)16(4-2)9-6-10-18-16/h5,7-8,18H,3-4,6,9-11H2,1-2H3. The maximum absolute atomic E-state index is 6.43. The SMILES string of the molecule is CCCn1c(C2(CC)CCCN2)nc2cccc(Cl)c21. The highest BCUT2D eigenvalue weighted by Crippen LogP contribution is 2.36. The highest BCUT2D eigenvalue weighted by molar-refractivity contribution is 6.35. The quantitative estimate of drug-likeness (QED) is 0.919. The first-order chi connectivity index (χ1) is 9.72. The first-order valence-electron chi connectivity index (χ1n) is 7.62. The monoisotopic (exact) mass is 291 g/mol. The highest BCUT2D eigenvalue weighted by Gasteiger charge is 2.38. The second kappa shape index (κ2) is 5.38. The number of hydrogen-bond acceptors (Lipinski definition) is 2. The predicted molar refractivity (Wildman–Crippen MR) is 84.2 cm³/mol. The molecule has 1 aromatic carbocycles. The number of nitrogens with zero attached hydrogens (tertiary/aromatic N) is 2. The summed E-state index contributed by atoms with van der Waals surface area (Å²) in [5.41, 5.74) is 2.13. The van der Waals surface area contributed by atoms with E-state index in [1.54, 1.807) is 0 Å². The molecule has 1 unspecified atom stereocenters. The summed E-state index contributed by atoms with van der Waals surface area (Å²) in [6.07, 6.45) is 4.53. The molecule has 0 saturated carbocycles. The zero-order chi connectivity index (χ0) is 14.2. The normalized spacial score (nSPS) is 22.8. The van der Waals surface area contributed by atoms with Crippen LogP contribution in [0.5, 0.6) is 0 Å². The Morgan fingerprint density at radius 1 is 1.40 bits per heavy atom. The van der Waals surface area contributed by atoms with Crippen LogP contribution in [-0.4, -0.2) is 16.1 Å². The molecule has 20 heavy (non-hydrogen) atoms. The van der Waals surface area contributed by atoms with Gasteiger partial charge in [-0.15, -0.1) is 0 Å². The van der Waals surface area contributed by atoms with E-state index in [9.17, 15) is 0 Å². The molecule has 3 nitrogen and oxygen atoms in total. The van der Waals surface area contributed by atoms with Crippen molar-refractivity contribution in [2.75, 3.05) is 6.54 Å². The van der Waals surface area contributed by atoms with E-state index in [0.717, 1.165) is 48.4 Å². The Bertz CT molecular complexity index is 611. The number of imidazole rings is 1. The molecule has 0 radical (unpaired) electrons. The Morgan fingerprint density at radius 3 is 2.90 bits per heavy atom. The van der Waals surface area contributed by atoms with E-state index in [0.29, 0.717) is 0 Å². The first kappa shape index (κ1) is 13.9. The lowest BCUT2D eigenvalue weighted by Crippen LogP contribution is -2.39. The van der Waals surface area contributed by atoms with Crippen LogP contribution >= 0.6 is 11.6 Å². The van der Waals surface area contributed by atoms with Crippen LogP contribution in [0.2, 0.25) is 5.02 Å².